The first-order valence-electron chi connectivity index (χ1n) is 7.56. The Labute approximate surface area is 147 Å². The second-order valence-electron chi connectivity index (χ2n) is 6.43. The normalized spacial score (nSPS) is 13.0. The summed E-state index contributed by atoms with van der Waals surface area (Å²) < 4.78 is 28.4. The molecule has 7 nitrogen and oxygen atoms in total. The zero-order valence-electron chi connectivity index (χ0n) is 14.7. The lowest BCUT2D eigenvalue weighted by molar-refractivity contribution is -0.138. The lowest BCUT2D eigenvalue weighted by Crippen LogP contribution is -2.44. The number of anilines is 1. The van der Waals surface area contributed by atoms with Gasteiger partial charge in [0.15, 0.2) is 9.84 Å². The van der Waals surface area contributed by atoms with Crippen molar-refractivity contribution in [2.24, 2.45) is 0 Å². The smallest absolute Gasteiger partial charge is 0.415 e. The number of carboxylic acid groups (broad SMARTS) is 1. The maximum Gasteiger partial charge on any atom is 0.415 e. The highest BCUT2D eigenvalue weighted by Crippen LogP contribution is 2.23. The van der Waals surface area contributed by atoms with Crippen molar-refractivity contribution in [1.82, 2.24) is 0 Å². The van der Waals surface area contributed by atoms with Crippen molar-refractivity contribution in [2.45, 2.75) is 38.5 Å². The average molecular weight is 369 g/mol. The fourth-order valence-corrected chi connectivity index (χ4v) is 2.99. The Kier molecular flexibility index (Phi) is 6.37. The van der Waals surface area contributed by atoms with Gasteiger partial charge >= 0.3 is 12.1 Å². The third-order valence-corrected chi connectivity index (χ3v) is 6.01. The van der Waals surface area contributed by atoms with Crippen LogP contribution in [0.4, 0.5) is 10.5 Å². The van der Waals surface area contributed by atoms with Crippen LogP contribution in [0.5, 0.6) is 0 Å². The van der Waals surface area contributed by atoms with E-state index in [1.165, 1.54) is 27.7 Å². The molecule has 1 atom stereocenters. The minimum absolute atomic E-state index is 0.246. The summed E-state index contributed by atoms with van der Waals surface area (Å²) in [6.07, 6.45) is -0.966. The Morgan fingerprint density at radius 2 is 1.76 bits per heavy atom. The number of nitrogens with zero attached hydrogens (tertiary/aromatic N) is 1. The molecule has 1 aromatic carbocycles. The van der Waals surface area contributed by atoms with E-state index in [-0.39, 0.29) is 4.91 Å². The minimum atomic E-state index is -3.71. The molecule has 25 heavy (non-hydrogen) atoms. The van der Waals surface area contributed by atoms with Crippen LogP contribution in [0, 0.1) is 0 Å². The number of benzene rings is 1. The molecule has 0 spiro atoms. The molecule has 138 valence electrons. The van der Waals surface area contributed by atoms with Gasteiger partial charge in [-0.15, -0.1) is 0 Å². The molecule has 1 aromatic rings. The van der Waals surface area contributed by atoms with E-state index in [4.69, 9.17) is 4.74 Å². The standard InChI is InChI=1S/C17H23NO6S/c1-12(25(22,23)17(3,4)5)11-24-16(21)18(13(2)15(19)20)14-9-7-6-8-10-14/h6-10,13H,1,11H2,2-5H3,(H,19,20)/t13-/m0/s1. The van der Waals surface area contributed by atoms with Gasteiger partial charge in [0.2, 0.25) is 0 Å². The highest BCUT2D eigenvalue weighted by Gasteiger charge is 2.33. The Hall–Kier alpha value is -2.35. The van der Waals surface area contributed by atoms with Gasteiger partial charge in [-0.1, -0.05) is 24.8 Å². The summed E-state index contributed by atoms with van der Waals surface area (Å²) in [4.78, 5) is 24.4. The number of carboxylic acids is 1. The number of aliphatic carboxylic acids is 1. The van der Waals surface area contributed by atoms with E-state index in [0.29, 0.717) is 5.69 Å². The Bertz CT molecular complexity index is 749. The molecule has 0 aromatic heterocycles. The first kappa shape index (κ1) is 20.7. The summed E-state index contributed by atoms with van der Waals surface area (Å²) in [6, 6.07) is 6.93. The van der Waals surface area contributed by atoms with Gasteiger partial charge in [0.1, 0.15) is 12.6 Å². The molecule has 1 amide bonds. The predicted molar refractivity (Wildman–Crippen MR) is 95.2 cm³/mol. The summed E-state index contributed by atoms with van der Waals surface area (Å²) >= 11 is 0. The van der Waals surface area contributed by atoms with Gasteiger partial charge in [-0.05, 0) is 39.8 Å². The lowest BCUT2D eigenvalue weighted by atomic mass is 10.2. The van der Waals surface area contributed by atoms with E-state index in [1.807, 2.05) is 0 Å². The number of ether oxygens (including phenoxy) is 1. The number of hydrogen-bond donors (Lipinski definition) is 1. The molecule has 0 aliphatic carbocycles. The van der Waals surface area contributed by atoms with E-state index >= 15 is 0 Å². The summed E-state index contributed by atoms with van der Waals surface area (Å²) in [5.41, 5.74) is 0.326. The van der Waals surface area contributed by atoms with Gasteiger partial charge in [0.25, 0.3) is 0 Å². The Balaban J connectivity index is 2.98. The van der Waals surface area contributed by atoms with Crippen molar-refractivity contribution in [3.63, 3.8) is 0 Å². The van der Waals surface area contributed by atoms with Crippen LogP contribution in [0.2, 0.25) is 0 Å². The number of carbonyl (C=O) groups excluding carboxylic acids is 1. The summed E-state index contributed by atoms with van der Waals surface area (Å²) in [6.45, 7) is 8.80. The van der Waals surface area contributed by atoms with Crippen LogP contribution in [0.3, 0.4) is 0 Å². The summed E-state index contributed by atoms with van der Waals surface area (Å²) in [5.74, 6) is -1.22. The van der Waals surface area contributed by atoms with Crippen molar-refractivity contribution in [1.29, 1.82) is 0 Å². The molecule has 0 saturated heterocycles. The molecular formula is C17H23NO6S. The summed E-state index contributed by atoms with van der Waals surface area (Å²) in [5, 5.41) is 9.21. The molecule has 8 heteroatoms. The van der Waals surface area contributed by atoms with Crippen molar-refractivity contribution in [3.8, 4) is 0 Å². The zero-order chi connectivity index (χ0) is 19.4. The van der Waals surface area contributed by atoms with Gasteiger partial charge in [-0.25, -0.2) is 18.0 Å². The van der Waals surface area contributed by atoms with Crippen molar-refractivity contribution in [2.75, 3.05) is 11.5 Å². The number of hydrogen-bond acceptors (Lipinski definition) is 5. The largest absolute Gasteiger partial charge is 0.480 e. The van der Waals surface area contributed by atoms with E-state index in [1.54, 1.807) is 30.3 Å². The molecule has 1 rings (SSSR count). The number of amides is 1. The second-order valence-corrected chi connectivity index (χ2v) is 9.24. The van der Waals surface area contributed by atoms with E-state index in [9.17, 15) is 23.1 Å². The van der Waals surface area contributed by atoms with Gasteiger partial charge in [0, 0.05) is 5.69 Å². The predicted octanol–water partition coefficient (Wildman–Crippen LogP) is 2.83. The van der Waals surface area contributed by atoms with Crippen LogP contribution in [0.15, 0.2) is 41.8 Å². The molecular weight excluding hydrogens is 346 g/mol. The third-order valence-electron chi connectivity index (χ3n) is 3.52. The second kappa shape index (κ2) is 7.69. The Morgan fingerprint density at radius 3 is 2.20 bits per heavy atom. The van der Waals surface area contributed by atoms with Gasteiger partial charge in [0.05, 0.1) is 9.65 Å². The van der Waals surface area contributed by atoms with Gasteiger partial charge in [-0.2, -0.15) is 0 Å². The number of para-hydroxylation sites is 1. The minimum Gasteiger partial charge on any atom is -0.480 e. The first-order valence-corrected chi connectivity index (χ1v) is 9.04. The number of sulfone groups is 1. The van der Waals surface area contributed by atoms with Crippen LogP contribution < -0.4 is 4.90 Å². The van der Waals surface area contributed by atoms with Crippen molar-refractivity contribution >= 4 is 27.6 Å². The molecule has 0 saturated carbocycles. The highest BCUT2D eigenvalue weighted by molar-refractivity contribution is 7.96. The quantitative estimate of drug-likeness (QED) is 0.827. The van der Waals surface area contributed by atoms with E-state index in [0.717, 1.165) is 4.90 Å². The molecule has 0 bridgehead atoms. The van der Waals surface area contributed by atoms with Gasteiger partial charge in [-0.3, -0.25) is 4.90 Å². The molecule has 0 radical (unpaired) electrons. The van der Waals surface area contributed by atoms with Crippen LogP contribution >= 0.6 is 0 Å². The van der Waals surface area contributed by atoms with Crippen molar-refractivity contribution < 1.29 is 27.9 Å². The molecule has 0 fully saturated rings. The Morgan fingerprint density at radius 1 is 1.24 bits per heavy atom. The van der Waals surface area contributed by atoms with Crippen LogP contribution in [0.25, 0.3) is 0 Å². The average Bonchev–Trinajstić information content (AvgIpc) is 2.52. The van der Waals surface area contributed by atoms with E-state index in [2.05, 4.69) is 6.58 Å². The fraction of sp³-hybridized carbons (Fsp3) is 0.412. The maximum atomic E-state index is 12.4. The SMILES string of the molecule is C=C(COC(=O)N(c1ccccc1)[C@@H](C)C(=O)O)S(=O)(=O)C(C)(C)C. The molecule has 0 unspecified atom stereocenters. The molecule has 0 heterocycles. The van der Waals surface area contributed by atoms with Gasteiger partial charge < -0.3 is 9.84 Å². The van der Waals surface area contributed by atoms with Crippen LogP contribution in [-0.2, 0) is 19.4 Å². The molecule has 1 N–H and O–H groups in total. The third kappa shape index (κ3) is 4.82. The number of rotatable bonds is 6. The lowest BCUT2D eigenvalue weighted by Gasteiger charge is -2.26. The first-order chi connectivity index (χ1) is 11.4. The topological polar surface area (TPSA) is 101 Å². The highest BCUT2D eigenvalue weighted by atomic mass is 32.2. The number of carbonyl (C=O) groups is 2. The fourth-order valence-electron chi connectivity index (χ4n) is 1.91. The van der Waals surface area contributed by atoms with Crippen LogP contribution in [0.1, 0.15) is 27.7 Å². The maximum absolute atomic E-state index is 12.4. The summed E-state index contributed by atoms with van der Waals surface area (Å²) in [7, 11) is -3.71. The van der Waals surface area contributed by atoms with Crippen molar-refractivity contribution in [3.05, 3.63) is 41.8 Å². The molecule has 0 aliphatic rings. The monoisotopic (exact) mass is 369 g/mol. The van der Waals surface area contributed by atoms with Crippen LogP contribution in [-0.4, -0.2) is 43.0 Å². The van der Waals surface area contributed by atoms with E-state index < -0.39 is 39.3 Å². The molecule has 0 aliphatic heterocycles. The zero-order valence-corrected chi connectivity index (χ0v) is 15.5.